The first-order chi connectivity index (χ1) is 17.5. The number of anilines is 3. The van der Waals surface area contributed by atoms with Crippen molar-refractivity contribution in [1.29, 1.82) is 0 Å². The third kappa shape index (κ3) is 5.05. The Bertz CT molecular complexity index is 1250. The fourth-order valence-electron chi connectivity index (χ4n) is 5.03. The van der Waals surface area contributed by atoms with Crippen molar-refractivity contribution >= 4 is 28.9 Å². The number of benzene rings is 2. The van der Waals surface area contributed by atoms with Crippen LogP contribution in [-0.4, -0.2) is 43.5 Å². The fourth-order valence-corrected chi connectivity index (χ4v) is 5.03. The number of amides is 2. The summed E-state index contributed by atoms with van der Waals surface area (Å²) in [5.74, 6) is 1.33. The Morgan fingerprint density at radius 1 is 1.03 bits per heavy atom. The highest BCUT2D eigenvalue weighted by molar-refractivity contribution is 6.08. The van der Waals surface area contributed by atoms with Crippen LogP contribution in [0.15, 0.2) is 60.8 Å². The van der Waals surface area contributed by atoms with Gasteiger partial charge >= 0.3 is 0 Å². The van der Waals surface area contributed by atoms with E-state index in [4.69, 9.17) is 4.74 Å². The van der Waals surface area contributed by atoms with Crippen LogP contribution in [0.3, 0.4) is 0 Å². The zero-order chi connectivity index (χ0) is 25.1. The van der Waals surface area contributed by atoms with Crippen LogP contribution in [0.1, 0.15) is 41.4 Å². The van der Waals surface area contributed by atoms with Gasteiger partial charge in [-0.3, -0.25) is 14.6 Å². The molecule has 186 valence electrons. The molecule has 1 aromatic heterocycles. The topological polar surface area (TPSA) is 74.8 Å². The molecule has 3 aromatic rings. The molecule has 7 heteroatoms. The normalized spacial score (nSPS) is 15.5. The Hall–Kier alpha value is -3.87. The van der Waals surface area contributed by atoms with E-state index < -0.39 is 0 Å². The number of hydrogen-bond acceptors (Lipinski definition) is 5. The molecule has 1 saturated heterocycles. The summed E-state index contributed by atoms with van der Waals surface area (Å²) in [6, 6.07) is 17.0. The first-order valence-corrected chi connectivity index (χ1v) is 12.6. The summed E-state index contributed by atoms with van der Waals surface area (Å²) in [5.41, 5.74) is 5.00. The van der Waals surface area contributed by atoms with Gasteiger partial charge in [-0.25, -0.2) is 0 Å². The van der Waals surface area contributed by atoms with Crippen molar-refractivity contribution in [2.75, 3.05) is 41.9 Å². The van der Waals surface area contributed by atoms with Crippen LogP contribution in [0.4, 0.5) is 17.1 Å². The predicted octanol–water partition coefficient (Wildman–Crippen LogP) is 4.71. The van der Waals surface area contributed by atoms with E-state index in [0.717, 1.165) is 66.4 Å². The van der Waals surface area contributed by atoms with Crippen LogP contribution in [0.2, 0.25) is 0 Å². The lowest BCUT2D eigenvalue weighted by atomic mass is 9.98. The molecule has 0 atom stereocenters. The van der Waals surface area contributed by atoms with Crippen LogP contribution in [0.25, 0.3) is 0 Å². The van der Waals surface area contributed by atoms with Gasteiger partial charge in [-0.1, -0.05) is 13.0 Å². The SMILES string of the molecule is COc1ccc(C(=O)Nc2ccc3c(c2)CCN3C(=O)Cc2ccccn2)c(N2CCC(C)CC2)c1. The van der Waals surface area contributed by atoms with Gasteiger partial charge in [0.1, 0.15) is 5.75 Å². The Morgan fingerprint density at radius 3 is 2.61 bits per heavy atom. The summed E-state index contributed by atoms with van der Waals surface area (Å²) >= 11 is 0. The number of nitrogens with zero attached hydrogens (tertiary/aromatic N) is 3. The van der Waals surface area contributed by atoms with E-state index in [1.54, 1.807) is 13.3 Å². The molecule has 0 saturated carbocycles. The molecule has 2 aliphatic heterocycles. The number of hydrogen-bond donors (Lipinski definition) is 1. The summed E-state index contributed by atoms with van der Waals surface area (Å²) in [4.78, 5) is 34.6. The molecule has 5 rings (SSSR count). The molecule has 7 nitrogen and oxygen atoms in total. The van der Waals surface area contributed by atoms with E-state index in [9.17, 15) is 9.59 Å². The van der Waals surface area contributed by atoms with Gasteiger partial charge in [0.2, 0.25) is 5.91 Å². The molecule has 2 aliphatic rings. The van der Waals surface area contributed by atoms with Gasteiger partial charge in [0.05, 0.1) is 24.8 Å². The zero-order valence-corrected chi connectivity index (χ0v) is 20.9. The number of fused-ring (bicyclic) bond motifs is 1. The predicted molar refractivity (Wildman–Crippen MR) is 142 cm³/mol. The Balaban J connectivity index is 1.32. The first kappa shape index (κ1) is 23.9. The van der Waals surface area contributed by atoms with Crippen molar-refractivity contribution in [1.82, 2.24) is 4.98 Å². The third-order valence-electron chi connectivity index (χ3n) is 7.17. The average molecular weight is 485 g/mol. The minimum Gasteiger partial charge on any atom is -0.497 e. The lowest BCUT2D eigenvalue weighted by Crippen LogP contribution is -2.34. The highest BCUT2D eigenvalue weighted by Crippen LogP contribution is 2.33. The fraction of sp³-hybridized carbons (Fsp3) is 0.345. The summed E-state index contributed by atoms with van der Waals surface area (Å²) in [5, 5.41) is 3.08. The molecule has 3 heterocycles. The molecule has 0 unspecified atom stereocenters. The summed E-state index contributed by atoms with van der Waals surface area (Å²) < 4.78 is 5.44. The molecule has 0 radical (unpaired) electrons. The number of rotatable bonds is 6. The highest BCUT2D eigenvalue weighted by atomic mass is 16.5. The number of carbonyl (C=O) groups is 2. The lowest BCUT2D eigenvalue weighted by molar-refractivity contribution is -0.117. The number of carbonyl (C=O) groups excluding carboxylic acids is 2. The molecule has 1 N–H and O–H groups in total. The lowest BCUT2D eigenvalue weighted by Gasteiger charge is -2.33. The van der Waals surface area contributed by atoms with Crippen molar-refractivity contribution in [3.8, 4) is 5.75 Å². The molecule has 0 spiro atoms. The maximum Gasteiger partial charge on any atom is 0.257 e. The largest absolute Gasteiger partial charge is 0.497 e. The van der Waals surface area contributed by atoms with Crippen molar-refractivity contribution in [2.24, 2.45) is 5.92 Å². The quantitative estimate of drug-likeness (QED) is 0.549. The second-order valence-electron chi connectivity index (χ2n) is 9.64. The number of ether oxygens (including phenoxy) is 1. The minimum atomic E-state index is -0.146. The van der Waals surface area contributed by atoms with Crippen LogP contribution in [0, 0.1) is 5.92 Å². The van der Waals surface area contributed by atoms with Gasteiger partial charge in [-0.2, -0.15) is 0 Å². The Labute approximate surface area is 212 Å². The van der Waals surface area contributed by atoms with E-state index in [2.05, 4.69) is 22.1 Å². The van der Waals surface area contributed by atoms with Crippen LogP contribution in [0.5, 0.6) is 5.75 Å². The van der Waals surface area contributed by atoms with Gasteiger partial charge in [0.15, 0.2) is 0 Å². The monoisotopic (exact) mass is 484 g/mol. The molecule has 2 amide bonds. The van der Waals surface area contributed by atoms with E-state index >= 15 is 0 Å². The second kappa shape index (κ2) is 10.4. The van der Waals surface area contributed by atoms with Crippen LogP contribution < -0.4 is 19.9 Å². The second-order valence-corrected chi connectivity index (χ2v) is 9.64. The van der Waals surface area contributed by atoms with Crippen molar-refractivity contribution in [3.63, 3.8) is 0 Å². The van der Waals surface area contributed by atoms with Crippen molar-refractivity contribution in [3.05, 3.63) is 77.6 Å². The Kier molecular flexibility index (Phi) is 6.89. The molecular weight excluding hydrogens is 452 g/mol. The molecule has 0 aliphatic carbocycles. The van der Waals surface area contributed by atoms with Crippen LogP contribution in [-0.2, 0) is 17.6 Å². The van der Waals surface area contributed by atoms with Crippen LogP contribution >= 0.6 is 0 Å². The molecule has 2 aromatic carbocycles. The zero-order valence-electron chi connectivity index (χ0n) is 20.9. The maximum absolute atomic E-state index is 13.4. The Morgan fingerprint density at radius 2 is 1.86 bits per heavy atom. The number of pyridine rings is 1. The number of piperidine rings is 1. The summed E-state index contributed by atoms with van der Waals surface area (Å²) in [7, 11) is 1.64. The number of nitrogens with one attached hydrogen (secondary N) is 1. The highest BCUT2D eigenvalue weighted by Gasteiger charge is 2.26. The summed E-state index contributed by atoms with van der Waals surface area (Å²) in [6.45, 7) is 4.76. The van der Waals surface area contributed by atoms with Gasteiger partial charge in [-0.05, 0) is 73.2 Å². The molecule has 1 fully saturated rings. The molecule has 0 bridgehead atoms. The van der Waals surface area contributed by atoms with Gasteiger partial charge in [0.25, 0.3) is 5.91 Å². The van der Waals surface area contributed by atoms with E-state index in [0.29, 0.717) is 18.0 Å². The first-order valence-electron chi connectivity index (χ1n) is 12.6. The third-order valence-corrected chi connectivity index (χ3v) is 7.17. The van der Waals surface area contributed by atoms with E-state index in [1.165, 1.54) is 0 Å². The number of aromatic nitrogens is 1. The van der Waals surface area contributed by atoms with E-state index in [1.807, 2.05) is 59.5 Å². The molecule has 36 heavy (non-hydrogen) atoms. The van der Waals surface area contributed by atoms with E-state index in [-0.39, 0.29) is 18.2 Å². The van der Waals surface area contributed by atoms with Gasteiger partial charge in [0, 0.05) is 49.0 Å². The summed E-state index contributed by atoms with van der Waals surface area (Å²) in [6.07, 6.45) is 4.95. The van der Waals surface area contributed by atoms with Crippen molar-refractivity contribution < 1.29 is 14.3 Å². The minimum absolute atomic E-state index is 0.0305. The molecular formula is C29H32N4O3. The van der Waals surface area contributed by atoms with Gasteiger partial charge < -0.3 is 19.9 Å². The smallest absolute Gasteiger partial charge is 0.257 e. The van der Waals surface area contributed by atoms with Crippen molar-refractivity contribution in [2.45, 2.75) is 32.6 Å². The number of methoxy groups -OCH3 is 1. The standard InChI is InChI=1S/C29H32N4O3/c1-20-10-14-32(15-11-20)27-19-24(36-2)7-8-25(27)29(35)31-23-6-9-26-21(17-23)12-16-33(26)28(34)18-22-5-3-4-13-30-22/h3-9,13,17,19-20H,10-12,14-16,18H2,1-2H3,(H,31,35). The maximum atomic E-state index is 13.4. The van der Waals surface area contributed by atoms with Gasteiger partial charge in [-0.15, -0.1) is 0 Å². The average Bonchev–Trinajstić information content (AvgIpc) is 3.33.